The molecule has 2 heterocycles. The number of benzene rings is 2. The summed E-state index contributed by atoms with van der Waals surface area (Å²) in [5.41, 5.74) is 1.83. The van der Waals surface area contributed by atoms with Crippen molar-refractivity contribution in [2.75, 3.05) is 7.11 Å². The van der Waals surface area contributed by atoms with Gasteiger partial charge in [0.15, 0.2) is 0 Å². The Hall–Kier alpha value is -4.04. The van der Waals surface area contributed by atoms with Crippen LogP contribution in [-0.2, 0) is 22.7 Å². The Morgan fingerprint density at radius 3 is 2.48 bits per heavy atom. The van der Waals surface area contributed by atoms with E-state index in [9.17, 15) is 14.4 Å². The Balaban J connectivity index is 1.39. The van der Waals surface area contributed by atoms with Crippen LogP contribution in [0.1, 0.15) is 27.4 Å². The smallest absolute Gasteiger partial charge is 0.373 e. The van der Waals surface area contributed by atoms with Gasteiger partial charge in [-0.3, -0.25) is 9.69 Å². The number of carbonyl (C=O) groups excluding carboxylic acids is 3. The summed E-state index contributed by atoms with van der Waals surface area (Å²) in [6.07, 6.45) is 1.57. The van der Waals surface area contributed by atoms with Gasteiger partial charge in [0.2, 0.25) is 5.76 Å². The van der Waals surface area contributed by atoms with E-state index in [1.54, 1.807) is 42.5 Å². The second-order valence-electron chi connectivity index (χ2n) is 7.12. The lowest BCUT2D eigenvalue weighted by atomic mass is 10.2. The molecule has 0 unspecified atom stereocenters. The average Bonchev–Trinajstić information content (AvgIpc) is 3.39. The summed E-state index contributed by atoms with van der Waals surface area (Å²) in [5.74, 6) is -0.204. The molecule has 0 radical (unpaired) electrons. The highest BCUT2D eigenvalue weighted by atomic mass is 35.5. The highest BCUT2D eigenvalue weighted by Gasteiger charge is 2.34. The van der Waals surface area contributed by atoms with Gasteiger partial charge in [-0.1, -0.05) is 35.9 Å². The third-order valence-electron chi connectivity index (χ3n) is 4.83. The monoisotopic (exact) mass is 466 g/mol. The molecule has 0 saturated carbocycles. The van der Waals surface area contributed by atoms with Crippen molar-refractivity contribution in [1.82, 2.24) is 10.2 Å². The van der Waals surface area contributed by atoms with E-state index < -0.39 is 17.9 Å². The lowest BCUT2D eigenvalue weighted by molar-refractivity contribution is -0.123. The van der Waals surface area contributed by atoms with Crippen molar-refractivity contribution in [2.24, 2.45) is 0 Å². The highest BCUT2D eigenvalue weighted by Crippen LogP contribution is 2.21. The van der Waals surface area contributed by atoms with Crippen molar-refractivity contribution in [2.45, 2.75) is 13.2 Å². The summed E-state index contributed by atoms with van der Waals surface area (Å²) in [6, 6.07) is 16.8. The van der Waals surface area contributed by atoms with E-state index in [4.69, 9.17) is 20.8 Å². The lowest BCUT2D eigenvalue weighted by Gasteiger charge is -2.09. The fourth-order valence-electron chi connectivity index (χ4n) is 3.12. The first-order valence-electron chi connectivity index (χ1n) is 9.92. The maximum absolute atomic E-state index is 12.7. The molecule has 3 amide bonds. The van der Waals surface area contributed by atoms with E-state index >= 15 is 0 Å². The Kier molecular flexibility index (Phi) is 6.46. The van der Waals surface area contributed by atoms with Crippen LogP contribution in [0, 0.1) is 0 Å². The van der Waals surface area contributed by atoms with Gasteiger partial charge in [0.05, 0.1) is 13.7 Å². The number of rotatable bonds is 7. The average molecular weight is 467 g/mol. The Bertz CT molecular complexity index is 1210. The van der Waals surface area contributed by atoms with Crippen LogP contribution in [0.4, 0.5) is 4.79 Å². The second-order valence-corrected chi connectivity index (χ2v) is 7.56. The van der Waals surface area contributed by atoms with E-state index in [0.29, 0.717) is 22.9 Å². The molecule has 2 aromatic carbocycles. The molecule has 4 rings (SSSR count). The van der Waals surface area contributed by atoms with Gasteiger partial charge < -0.3 is 19.2 Å². The first kappa shape index (κ1) is 22.2. The van der Waals surface area contributed by atoms with Gasteiger partial charge in [-0.05, 0) is 53.6 Å². The van der Waals surface area contributed by atoms with E-state index in [-0.39, 0.29) is 23.8 Å². The molecule has 1 saturated heterocycles. The third kappa shape index (κ3) is 5.24. The predicted octanol–water partition coefficient (Wildman–Crippen LogP) is 4.39. The molecule has 8 nitrogen and oxygen atoms in total. The predicted molar refractivity (Wildman–Crippen MR) is 119 cm³/mol. The molecule has 1 N–H and O–H groups in total. The van der Waals surface area contributed by atoms with Crippen LogP contribution >= 0.6 is 11.6 Å². The van der Waals surface area contributed by atoms with Crippen molar-refractivity contribution in [3.05, 3.63) is 94.0 Å². The molecule has 0 spiro atoms. The molecule has 0 atom stereocenters. The lowest BCUT2D eigenvalue weighted by Crippen LogP contribution is -2.30. The molecule has 33 heavy (non-hydrogen) atoms. The molecule has 1 aromatic heterocycles. The largest absolute Gasteiger partial charge is 0.489 e. The summed E-state index contributed by atoms with van der Waals surface area (Å²) in [6.45, 7) is 0.280. The second kappa shape index (κ2) is 9.62. The fourth-order valence-corrected chi connectivity index (χ4v) is 3.24. The molecular formula is C24H19ClN2O6. The maximum Gasteiger partial charge on any atom is 0.373 e. The number of hydrogen-bond acceptors (Lipinski definition) is 6. The zero-order valence-electron chi connectivity index (χ0n) is 17.5. The molecule has 9 heteroatoms. The van der Waals surface area contributed by atoms with Gasteiger partial charge >= 0.3 is 12.0 Å². The molecule has 0 aliphatic carbocycles. The zero-order chi connectivity index (χ0) is 23.4. The first-order valence-corrected chi connectivity index (χ1v) is 10.3. The van der Waals surface area contributed by atoms with E-state index in [2.05, 4.69) is 10.1 Å². The number of furan rings is 1. The number of hydrogen-bond donors (Lipinski definition) is 1. The van der Waals surface area contributed by atoms with Gasteiger partial charge in [-0.15, -0.1) is 0 Å². The molecule has 3 aromatic rings. The Morgan fingerprint density at radius 1 is 1.06 bits per heavy atom. The van der Waals surface area contributed by atoms with Crippen LogP contribution in [0.2, 0.25) is 5.02 Å². The highest BCUT2D eigenvalue weighted by molar-refractivity contribution is 6.30. The van der Waals surface area contributed by atoms with Crippen LogP contribution in [0.5, 0.6) is 5.75 Å². The number of nitrogens with zero attached hydrogens (tertiary/aromatic N) is 1. The third-order valence-corrected chi connectivity index (χ3v) is 5.09. The Labute approximate surface area is 194 Å². The fraction of sp³-hybridized carbons (Fsp3) is 0.125. The van der Waals surface area contributed by atoms with Crippen molar-refractivity contribution in [3.8, 4) is 5.75 Å². The summed E-state index contributed by atoms with van der Waals surface area (Å²) < 4.78 is 15.7. The van der Waals surface area contributed by atoms with Crippen molar-refractivity contribution >= 4 is 35.6 Å². The normalized spacial score (nSPS) is 14.5. The minimum Gasteiger partial charge on any atom is -0.489 e. The van der Waals surface area contributed by atoms with Crippen molar-refractivity contribution < 1.29 is 28.3 Å². The Morgan fingerprint density at radius 2 is 1.79 bits per heavy atom. The topological polar surface area (TPSA) is 98.1 Å². The summed E-state index contributed by atoms with van der Waals surface area (Å²) in [5, 5.41) is 3.22. The minimum atomic E-state index is -0.639. The van der Waals surface area contributed by atoms with Crippen molar-refractivity contribution in [1.29, 1.82) is 0 Å². The maximum atomic E-state index is 12.7. The van der Waals surface area contributed by atoms with Gasteiger partial charge in [0.1, 0.15) is 23.8 Å². The van der Waals surface area contributed by atoms with Gasteiger partial charge in [-0.2, -0.15) is 0 Å². The number of amides is 3. The first-order chi connectivity index (χ1) is 15.9. The van der Waals surface area contributed by atoms with Crippen LogP contribution in [-0.4, -0.2) is 29.9 Å². The summed E-state index contributed by atoms with van der Waals surface area (Å²) in [4.78, 5) is 37.4. The van der Waals surface area contributed by atoms with E-state index in [1.165, 1.54) is 19.2 Å². The molecule has 1 fully saturated rings. The van der Waals surface area contributed by atoms with Gasteiger partial charge in [-0.25, -0.2) is 9.59 Å². The number of ether oxygens (including phenoxy) is 2. The molecular weight excluding hydrogens is 448 g/mol. The number of esters is 1. The molecule has 0 bridgehead atoms. The standard InChI is InChI=1S/C24H19ClN2O6/c1-31-23(29)21-11-10-19(33-21)13-27-22(28)20(26-24(27)30)12-15-4-8-18(9-5-15)32-14-16-2-6-17(25)7-3-16/h2-12H,13-14H2,1H3,(H,26,30)/b20-12-. The van der Waals surface area contributed by atoms with E-state index in [1.807, 2.05) is 12.1 Å². The minimum absolute atomic E-state index is 0.00584. The van der Waals surface area contributed by atoms with Crippen LogP contribution in [0.15, 0.2) is 70.8 Å². The van der Waals surface area contributed by atoms with Crippen molar-refractivity contribution in [3.63, 3.8) is 0 Å². The van der Waals surface area contributed by atoms with E-state index in [0.717, 1.165) is 10.5 Å². The van der Waals surface area contributed by atoms with Crippen LogP contribution in [0.3, 0.4) is 0 Å². The van der Waals surface area contributed by atoms with Crippen LogP contribution in [0.25, 0.3) is 6.08 Å². The SMILES string of the molecule is COC(=O)c1ccc(CN2C(=O)N/C(=C\c3ccc(OCc4ccc(Cl)cc4)cc3)C2=O)o1. The van der Waals surface area contributed by atoms with Gasteiger partial charge in [0, 0.05) is 5.02 Å². The summed E-state index contributed by atoms with van der Waals surface area (Å²) in [7, 11) is 1.23. The molecule has 168 valence electrons. The summed E-state index contributed by atoms with van der Waals surface area (Å²) >= 11 is 5.88. The van der Waals surface area contributed by atoms with Gasteiger partial charge in [0.25, 0.3) is 5.91 Å². The number of carbonyl (C=O) groups is 3. The number of urea groups is 1. The molecule has 1 aliphatic rings. The quantitative estimate of drug-likeness (QED) is 0.315. The number of imide groups is 1. The van der Waals surface area contributed by atoms with Crippen LogP contribution < -0.4 is 10.1 Å². The number of nitrogens with one attached hydrogen (secondary N) is 1. The number of methoxy groups -OCH3 is 1. The number of halogens is 1. The molecule has 1 aliphatic heterocycles. The zero-order valence-corrected chi connectivity index (χ0v) is 18.3.